The lowest BCUT2D eigenvalue weighted by Gasteiger charge is -2.40. The number of carbonyl (C=O) groups is 1. The van der Waals surface area contributed by atoms with Gasteiger partial charge in [-0.3, -0.25) is 13.9 Å². The molecule has 1 unspecified atom stereocenters. The van der Waals surface area contributed by atoms with Crippen molar-refractivity contribution in [1.82, 2.24) is 0 Å². The Morgan fingerprint density at radius 3 is 2.40 bits per heavy atom. The van der Waals surface area contributed by atoms with Crippen LogP contribution in [0.1, 0.15) is 60.1 Å². The third-order valence-electron chi connectivity index (χ3n) is 8.53. The van der Waals surface area contributed by atoms with Crippen LogP contribution in [-0.4, -0.2) is 70.7 Å². The molecule has 0 saturated heterocycles. The molecular formula is C32H37N3O8S2. The van der Waals surface area contributed by atoms with Gasteiger partial charge in [-0.05, 0) is 65.4 Å². The van der Waals surface area contributed by atoms with E-state index in [1.165, 1.54) is 6.07 Å². The highest BCUT2D eigenvalue weighted by Crippen LogP contribution is 2.46. The number of nitrogens with zero attached hydrogens (tertiary/aromatic N) is 3. The zero-order chi connectivity index (χ0) is 32.7. The Hall–Kier alpha value is -3.78. The van der Waals surface area contributed by atoms with Gasteiger partial charge in [0, 0.05) is 61.5 Å². The average Bonchev–Trinajstić information content (AvgIpc) is 2.96. The van der Waals surface area contributed by atoms with Crippen LogP contribution < -0.4 is 9.80 Å². The van der Waals surface area contributed by atoms with Crippen molar-refractivity contribution >= 4 is 43.8 Å². The lowest BCUT2D eigenvalue weighted by atomic mass is 9.67. The molecule has 5 rings (SSSR count). The highest BCUT2D eigenvalue weighted by atomic mass is 32.2. The molecule has 0 radical (unpaired) electrons. The number of fused-ring (bicyclic) bond motifs is 3. The summed E-state index contributed by atoms with van der Waals surface area (Å²) >= 11 is 0. The highest BCUT2D eigenvalue weighted by Gasteiger charge is 2.38. The fourth-order valence-electron chi connectivity index (χ4n) is 6.26. The number of hydrogen-bond acceptors (Lipinski definition) is 9. The minimum Gasteiger partial charge on any atom is -0.442 e. The van der Waals surface area contributed by atoms with Gasteiger partial charge in [-0.15, -0.1) is 0 Å². The predicted molar refractivity (Wildman–Crippen MR) is 173 cm³/mol. The van der Waals surface area contributed by atoms with Crippen LogP contribution in [0, 0.1) is 0 Å². The summed E-state index contributed by atoms with van der Waals surface area (Å²) in [5, 5.41) is 0. The number of ether oxygens (including phenoxy) is 1. The van der Waals surface area contributed by atoms with Crippen molar-refractivity contribution in [3.8, 4) is 0 Å². The third-order valence-corrected chi connectivity index (χ3v) is 10.2. The van der Waals surface area contributed by atoms with Gasteiger partial charge in [0.1, 0.15) is 0 Å². The molecule has 13 heteroatoms. The van der Waals surface area contributed by atoms with E-state index >= 15 is 0 Å². The minimum atomic E-state index is -4.41. The second-order valence-electron chi connectivity index (χ2n) is 12.1. The van der Waals surface area contributed by atoms with Gasteiger partial charge in [0.15, 0.2) is 6.23 Å². The van der Waals surface area contributed by atoms with Crippen molar-refractivity contribution in [3.05, 3.63) is 88.0 Å². The Kier molecular flexibility index (Phi) is 8.84. The number of hydrogen-bond donors (Lipinski definition) is 2. The molecule has 1 aliphatic carbocycles. The van der Waals surface area contributed by atoms with E-state index in [1.807, 2.05) is 31.1 Å². The summed E-state index contributed by atoms with van der Waals surface area (Å²) in [6.07, 6.45) is 0.191. The summed E-state index contributed by atoms with van der Waals surface area (Å²) in [4.78, 5) is 20.2. The molecule has 11 nitrogen and oxygen atoms in total. The van der Waals surface area contributed by atoms with Crippen molar-refractivity contribution in [2.24, 2.45) is 4.99 Å². The first kappa shape index (κ1) is 32.6. The summed E-state index contributed by atoms with van der Waals surface area (Å²) in [5.41, 5.74) is 6.99. The van der Waals surface area contributed by atoms with Crippen molar-refractivity contribution in [1.29, 1.82) is 0 Å². The molecule has 0 amide bonds. The molecule has 3 aromatic rings. The molecule has 0 fully saturated rings. The van der Waals surface area contributed by atoms with Crippen LogP contribution in [0.25, 0.3) is 0 Å². The van der Waals surface area contributed by atoms with E-state index in [4.69, 9.17) is 9.73 Å². The van der Waals surface area contributed by atoms with E-state index in [9.17, 15) is 30.7 Å². The number of aryl methyl sites for hydroxylation is 1. The van der Waals surface area contributed by atoms with E-state index in [1.54, 1.807) is 18.2 Å². The maximum atomic E-state index is 12.1. The third kappa shape index (κ3) is 6.76. The minimum absolute atomic E-state index is 0.124. The van der Waals surface area contributed by atoms with Gasteiger partial charge in [0.25, 0.3) is 26.7 Å². The Morgan fingerprint density at radius 2 is 1.73 bits per heavy atom. The lowest BCUT2D eigenvalue weighted by Crippen LogP contribution is -2.35. The zero-order valence-electron chi connectivity index (χ0n) is 25.6. The van der Waals surface area contributed by atoms with Crippen molar-refractivity contribution in [3.63, 3.8) is 0 Å². The molecule has 45 heavy (non-hydrogen) atoms. The number of anilines is 2. The van der Waals surface area contributed by atoms with Gasteiger partial charge < -0.3 is 14.5 Å². The molecule has 0 spiro atoms. The van der Waals surface area contributed by atoms with Crippen LogP contribution in [0.3, 0.4) is 0 Å². The molecule has 3 aromatic carbocycles. The summed E-state index contributed by atoms with van der Waals surface area (Å²) in [5.74, 6) is -0.628. The first-order chi connectivity index (χ1) is 21.1. The second-order valence-corrected chi connectivity index (χ2v) is 15.1. The van der Waals surface area contributed by atoms with E-state index < -0.39 is 37.6 Å². The Bertz CT molecular complexity index is 1890. The molecule has 0 bridgehead atoms. The van der Waals surface area contributed by atoms with Gasteiger partial charge in [0.05, 0.1) is 16.4 Å². The van der Waals surface area contributed by atoms with Crippen LogP contribution in [0.4, 0.5) is 11.4 Å². The normalized spacial score (nSPS) is 17.2. The van der Waals surface area contributed by atoms with Crippen molar-refractivity contribution in [2.45, 2.75) is 56.2 Å². The summed E-state index contributed by atoms with van der Waals surface area (Å²) in [6, 6.07) is 16.6. The SMILES string of the molecule is CN(C)c1ccc2c(c1)C(C)(C)c1cc3c(cc1C2=NC(CCS(=O)(=O)O)OC=O)CCCN3Cc1ccccc1S(=O)(=O)O. The molecule has 1 aliphatic heterocycles. The smallest absolute Gasteiger partial charge is 0.295 e. The molecule has 0 aromatic heterocycles. The molecule has 240 valence electrons. The van der Waals surface area contributed by atoms with Gasteiger partial charge >= 0.3 is 0 Å². The number of benzene rings is 3. The summed E-state index contributed by atoms with van der Waals surface area (Å²) < 4.78 is 71.7. The first-order valence-corrected chi connectivity index (χ1v) is 17.6. The van der Waals surface area contributed by atoms with Crippen LogP contribution >= 0.6 is 0 Å². The average molecular weight is 656 g/mol. The van der Waals surface area contributed by atoms with Gasteiger partial charge in [0.2, 0.25) is 0 Å². The van der Waals surface area contributed by atoms with Crippen LogP contribution in [-0.2, 0) is 48.1 Å². The number of carbonyl (C=O) groups excluding carboxylic acids is 1. The van der Waals surface area contributed by atoms with Crippen LogP contribution in [0.15, 0.2) is 64.5 Å². The summed E-state index contributed by atoms with van der Waals surface area (Å²) in [6.45, 7) is 5.41. The van der Waals surface area contributed by atoms with Crippen molar-refractivity contribution in [2.75, 3.05) is 36.2 Å². The van der Waals surface area contributed by atoms with Gasteiger partial charge in [-0.2, -0.15) is 16.8 Å². The topological polar surface area (TPSA) is 154 Å². The van der Waals surface area contributed by atoms with E-state index in [2.05, 4.69) is 36.9 Å². The number of rotatable bonds is 10. The Balaban J connectivity index is 1.69. The predicted octanol–water partition coefficient (Wildman–Crippen LogP) is 4.21. The zero-order valence-corrected chi connectivity index (χ0v) is 27.2. The maximum absolute atomic E-state index is 12.1. The van der Waals surface area contributed by atoms with E-state index in [0.29, 0.717) is 17.8 Å². The Labute approximate surface area is 264 Å². The summed E-state index contributed by atoms with van der Waals surface area (Å²) in [7, 11) is -4.84. The van der Waals surface area contributed by atoms with E-state index in [0.717, 1.165) is 52.0 Å². The van der Waals surface area contributed by atoms with Gasteiger partial charge in [-0.25, -0.2) is 4.99 Å². The highest BCUT2D eigenvalue weighted by molar-refractivity contribution is 7.86. The molecular weight excluding hydrogens is 618 g/mol. The largest absolute Gasteiger partial charge is 0.442 e. The van der Waals surface area contributed by atoms with E-state index in [-0.39, 0.29) is 24.3 Å². The molecule has 2 N–H and O–H groups in total. The number of aliphatic imine (C=N–C) groups is 1. The fourth-order valence-corrected chi connectivity index (χ4v) is 7.48. The first-order valence-electron chi connectivity index (χ1n) is 14.5. The quantitative estimate of drug-likeness (QED) is 0.240. The lowest BCUT2D eigenvalue weighted by molar-refractivity contribution is -0.133. The monoisotopic (exact) mass is 655 g/mol. The van der Waals surface area contributed by atoms with Gasteiger partial charge in [-0.1, -0.05) is 38.1 Å². The van der Waals surface area contributed by atoms with Crippen LogP contribution in [0.5, 0.6) is 0 Å². The molecule has 1 atom stereocenters. The standard InChI is InChI=1S/C32H37N3O8S2/c1-32(2)26-17-23(34(3)4)11-12-24(26)31(33-30(43-20-36)13-15-44(37,38)39)25-16-21-9-7-14-35(28(21)18-27(25)32)19-22-8-5-6-10-29(22)45(40,41)42/h5-6,8,10-12,16-18,20,30H,7,9,13-15,19H2,1-4H3,(H,37,38,39)(H,40,41,42). The maximum Gasteiger partial charge on any atom is 0.295 e. The fraction of sp³-hybridized carbons (Fsp3) is 0.375. The van der Waals surface area contributed by atoms with Crippen LogP contribution in [0.2, 0.25) is 0 Å². The Morgan fingerprint density at radius 1 is 1.02 bits per heavy atom. The second kappa shape index (κ2) is 12.2. The molecule has 2 aliphatic rings. The van der Waals surface area contributed by atoms with Crippen molar-refractivity contribution < 1.29 is 35.5 Å². The molecule has 0 saturated carbocycles. The molecule has 1 heterocycles.